The number of benzene rings is 1. The molecule has 0 heterocycles. The molecule has 0 aromatic heterocycles. The summed E-state index contributed by atoms with van der Waals surface area (Å²) >= 11 is 5.66. The van der Waals surface area contributed by atoms with Crippen LogP contribution in [0.2, 0.25) is 5.02 Å². The average molecular weight is 246 g/mol. The molecule has 2 nitrogen and oxygen atoms in total. The van der Waals surface area contributed by atoms with Crippen LogP contribution >= 0.6 is 11.6 Å². The molecule has 1 rings (SSSR count). The van der Waals surface area contributed by atoms with Crippen molar-refractivity contribution >= 4 is 11.6 Å². The molecule has 0 fully saturated rings. The third kappa shape index (κ3) is 4.92. The van der Waals surface area contributed by atoms with E-state index < -0.39 is 11.4 Å². The standard InChI is InChI=1S/C12H17ClFNO/c1-12(2,16)5-6-15-8-9-3-4-11(14)10(13)7-9/h3-4,7,15-16H,5-6,8H2,1-2H3. The molecule has 0 aliphatic carbocycles. The minimum Gasteiger partial charge on any atom is -0.390 e. The molecule has 1 aromatic rings. The van der Waals surface area contributed by atoms with Crippen LogP contribution in [0.4, 0.5) is 4.39 Å². The Morgan fingerprint density at radius 1 is 1.44 bits per heavy atom. The Morgan fingerprint density at radius 3 is 2.69 bits per heavy atom. The SMILES string of the molecule is CC(C)(O)CCNCc1ccc(F)c(Cl)c1. The van der Waals surface area contributed by atoms with Gasteiger partial charge in [-0.15, -0.1) is 0 Å². The monoisotopic (exact) mass is 245 g/mol. The summed E-state index contributed by atoms with van der Waals surface area (Å²) in [5.74, 6) is -0.401. The van der Waals surface area contributed by atoms with E-state index in [9.17, 15) is 9.50 Å². The summed E-state index contributed by atoms with van der Waals surface area (Å²) in [6.45, 7) is 4.86. The molecule has 1 aromatic carbocycles. The highest BCUT2D eigenvalue weighted by Crippen LogP contribution is 2.15. The molecule has 0 amide bonds. The van der Waals surface area contributed by atoms with Gasteiger partial charge in [0.2, 0.25) is 0 Å². The van der Waals surface area contributed by atoms with Crippen molar-refractivity contribution in [2.75, 3.05) is 6.54 Å². The summed E-state index contributed by atoms with van der Waals surface area (Å²) in [6.07, 6.45) is 0.669. The van der Waals surface area contributed by atoms with Crippen molar-refractivity contribution in [3.8, 4) is 0 Å². The predicted octanol–water partition coefficient (Wildman–Crippen LogP) is 2.73. The first-order valence-electron chi connectivity index (χ1n) is 5.25. The minimum atomic E-state index is -0.659. The molecule has 0 aliphatic heterocycles. The second-order valence-electron chi connectivity index (χ2n) is 4.49. The lowest BCUT2D eigenvalue weighted by Crippen LogP contribution is -2.26. The number of rotatable bonds is 5. The zero-order valence-electron chi connectivity index (χ0n) is 9.56. The third-order valence-corrected chi connectivity index (χ3v) is 2.52. The molecule has 0 radical (unpaired) electrons. The molecular weight excluding hydrogens is 229 g/mol. The first kappa shape index (κ1) is 13.4. The molecule has 0 aliphatic rings. The fraction of sp³-hybridized carbons (Fsp3) is 0.500. The summed E-state index contributed by atoms with van der Waals surface area (Å²) in [6, 6.07) is 4.65. The number of hydrogen-bond donors (Lipinski definition) is 2. The number of halogens is 2. The highest BCUT2D eigenvalue weighted by atomic mass is 35.5. The van der Waals surface area contributed by atoms with Crippen molar-refractivity contribution in [1.29, 1.82) is 0 Å². The summed E-state index contributed by atoms with van der Waals surface area (Å²) in [7, 11) is 0. The van der Waals surface area contributed by atoms with Crippen LogP contribution in [0.15, 0.2) is 18.2 Å². The quantitative estimate of drug-likeness (QED) is 0.782. The van der Waals surface area contributed by atoms with Gasteiger partial charge in [0.25, 0.3) is 0 Å². The van der Waals surface area contributed by atoms with E-state index in [2.05, 4.69) is 5.32 Å². The first-order valence-corrected chi connectivity index (χ1v) is 5.63. The summed E-state index contributed by atoms with van der Waals surface area (Å²) in [4.78, 5) is 0. The van der Waals surface area contributed by atoms with E-state index in [1.807, 2.05) is 0 Å². The van der Waals surface area contributed by atoms with E-state index in [0.29, 0.717) is 19.5 Å². The number of aliphatic hydroxyl groups is 1. The van der Waals surface area contributed by atoms with Crippen LogP contribution in [0.5, 0.6) is 0 Å². The average Bonchev–Trinajstić information content (AvgIpc) is 2.17. The lowest BCUT2D eigenvalue weighted by atomic mass is 10.1. The van der Waals surface area contributed by atoms with Crippen molar-refractivity contribution in [3.63, 3.8) is 0 Å². The predicted molar refractivity (Wildman–Crippen MR) is 64.0 cm³/mol. The zero-order chi connectivity index (χ0) is 12.2. The molecule has 2 N–H and O–H groups in total. The smallest absolute Gasteiger partial charge is 0.141 e. The minimum absolute atomic E-state index is 0.141. The van der Waals surface area contributed by atoms with E-state index in [0.717, 1.165) is 5.56 Å². The highest BCUT2D eigenvalue weighted by Gasteiger charge is 2.10. The van der Waals surface area contributed by atoms with Crippen molar-refractivity contribution in [3.05, 3.63) is 34.6 Å². The molecule has 0 unspecified atom stereocenters. The van der Waals surface area contributed by atoms with Gasteiger partial charge in [0, 0.05) is 6.54 Å². The molecular formula is C12H17ClFNO. The number of hydrogen-bond acceptors (Lipinski definition) is 2. The maximum absolute atomic E-state index is 12.9. The third-order valence-electron chi connectivity index (χ3n) is 2.23. The van der Waals surface area contributed by atoms with Crippen LogP contribution in [0.25, 0.3) is 0 Å². The van der Waals surface area contributed by atoms with Gasteiger partial charge in [0.05, 0.1) is 10.6 Å². The van der Waals surface area contributed by atoms with Crippen LogP contribution in [0.1, 0.15) is 25.8 Å². The van der Waals surface area contributed by atoms with E-state index in [1.54, 1.807) is 26.0 Å². The normalized spacial score (nSPS) is 11.8. The van der Waals surface area contributed by atoms with E-state index in [1.165, 1.54) is 6.07 Å². The molecule has 0 saturated heterocycles. The van der Waals surface area contributed by atoms with Crippen LogP contribution in [0.3, 0.4) is 0 Å². The maximum atomic E-state index is 12.9. The largest absolute Gasteiger partial charge is 0.390 e. The topological polar surface area (TPSA) is 32.3 Å². The van der Waals surface area contributed by atoms with Crippen molar-refractivity contribution in [2.45, 2.75) is 32.4 Å². The van der Waals surface area contributed by atoms with Crippen LogP contribution < -0.4 is 5.32 Å². The van der Waals surface area contributed by atoms with Crippen LogP contribution in [0, 0.1) is 5.82 Å². The lowest BCUT2D eigenvalue weighted by Gasteiger charge is -2.17. The summed E-state index contributed by atoms with van der Waals surface area (Å²) in [5.41, 5.74) is 0.273. The molecule has 0 atom stereocenters. The second kappa shape index (κ2) is 5.62. The van der Waals surface area contributed by atoms with Crippen LogP contribution in [-0.2, 0) is 6.54 Å². The van der Waals surface area contributed by atoms with Gasteiger partial charge in [-0.3, -0.25) is 0 Å². The lowest BCUT2D eigenvalue weighted by molar-refractivity contribution is 0.0711. The Balaban J connectivity index is 2.35. The zero-order valence-corrected chi connectivity index (χ0v) is 10.3. The van der Waals surface area contributed by atoms with Crippen LogP contribution in [-0.4, -0.2) is 17.3 Å². The Hall–Kier alpha value is -0.640. The van der Waals surface area contributed by atoms with E-state index in [4.69, 9.17) is 11.6 Å². The second-order valence-corrected chi connectivity index (χ2v) is 4.89. The first-order chi connectivity index (χ1) is 7.38. The van der Waals surface area contributed by atoms with Crippen molar-refractivity contribution in [2.24, 2.45) is 0 Å². The Labute approximate surface area is 100 Å². The molecule has 16 heavy (non-hydrogen) atoms. The van der Waals surface area contributed by atoms with E-state index >= 15 is 0 Å². The molecule has 0 spiro atoms. The number of nitrogens with one attached hydrogen (secondary N) is 1. The van der Waals surface area contributed by atoms with E-state index in [-0.39, 0.29) is 5.02 Å². The van der Waals surface area contributed by atoms with Gasteiger partial charge in [-0.2, -0.15) is 0 Å². The van der Waals surface area contributed by atoms with Gasteiger partial charge >= 0.3 is 0 Å². The molecule has 0 saturated carbocycles. The van der Waals surface area contributed by atoms with Gasteiger partial charge in [-0.25, -0.2) is 4.39 Å². The Bertz CT molecular complexity index is 349. The Kier molecular flexibility index (Phi) is 4.71. The summed E-state index contributed by atoms with van der Waals surface area (Å²) in [5, 5.41) is 12.8. The fourth-order valence-corrected chi connectivity index (χ4v) is 1.48. The van der Waals surface area contributed by atoms with Gasteiger partial charge < -0.3 is 10.4 Å². The summed E-state index contributed by atoms with van der Waals surface area (Å²) < 4.78 is 12.9. The van der Waals surface area contributed by atoms with Gasteiger partial charge in [0.15, 0.2) is 0 Å². The molecule has 0 bridgehead atoms. The van der Waals surface area contributed by atoms with Gasteiger partial charge in [0.1, 0.15) is 5.82 Å². The van der Waals surface area contributed by atoms with Crippen molar-refractivity contribution in [1.82, 2.24) is 5.32 Å². The Morgan fingerprint density at radius 2 is 2.12 bits per heavy atom. The van der Waals surface area contributed by atoms with Gasteiger partial charge in [-0.05, 0) is 44.5 Å². The maximum Gasteiger partial charge on any atom is 0.141 e. The van der Waals surface area contributed by atoms with Crippen molar-refractivity contribution < 1.29 is 9.50 Å². The highest BCUT2D eigenvalue weighted by molar-refractivity contribution is 6.30. The molecule has 4 heteroatoms. The molecule has 90 valence electrons. The van der Waals surface area contributed by atoms with Gasteiger partial charge in [-0.1, -0.05) is 17.7 Å². The fourth-order valence-electron chi connectivity index (χ4n) is 1.28.